The van der Waals surface area contributed by atoms with Gasteiger partial charge in [-0.15, -0.1) is 0 Å². The summed E-state index contributed by atoms with van der Waals surface area (Å²) in [7, 11) is 0. The van der Waals surface area contributed by atoms with E-state index in [0.29, 0.717) is 11.6 Å². The van der Waals surface area contributed by atoms with Crippen molar-refractivity contribution in [1.82, 2.24) is 15.4 Å². The van der Waals surface area contributed by atoms with E-state index >= 15 is 0 Å². The number of anilines is 1. The lowest BCUT2D eigenvalue weighted by molar-refractivity contribution is 0.434. The van der Waals surface area contributed by atoms with Crippen molar-refractivity contribution >= 4 is 5.82 Å². The zero-order chi connectivity index (χ0) is 12.5. The van der Waals surface area contributed by atoms with Gasteiger partial charge in [0, 0.05) is 6.20 Å². The van der Waals surface area contributed by atoms with Crippen LogP contribution in [0.2, 0.25) is 0 Å². The first-order valence-corrected chi connectivity index (χ1v) is 5.57. The molecule has 3 rings (SSSR count). The number of nitrogen functional groups attached to an aromatic ring is 1. The van der Waals surface area contributed by atoms with Crippen molar-refractivity contribution < 1.29 is 4.52 Å². The predicted octanol–water partition coefficient (Wildman–Crippen LogP) is 2.62. The zero-order valence-corrected chi connectivity index (χ0v) is 9.84. The average molecular weight is 240 g/mol. The molecule has 2 aromatic heterocycles. The smallest absolute Gasteiger partial charge is 0.194 e. The summed E-state index contributed by atoms with van der Waals surface area (Å²) in [5, 5.41) is 10.6. The Morgan fingerprint density at radius 1 is 1.17 bits per heavy atom. The molecule has 0 saturated carbocycles. The summed E-state index contributed by atoms with van der Waals surface area (Å²) in [6.07, 6.45) is 1.66. The average Bonchev–Trinajstić information content (AvgIpc) is 2.99. The minimum Gasteiger partial charge on any atom is -0.380 e. The van der Waals surface area contributed by atoms with Crippen molar-refractivity contribution in [2.75, 3.05) is 5.73 Å². The number of rotatable bonds is 2. The second-order valence-corrected chi connectivity index (χ2v) is 4.11. The number of aromatic amines is 1. The van der Waals surface area contributed by atoms with Crippen LogP contribution in [0.4, 0.5) is 5.82 Å². The normalized spacial score (nSPS) is 10.7. The van der Waals surface area contributed by atoms with Crippen molar-refractivity contribution in [2.45, 2.75) is 6.92 Å². The first kappa shape index (κ1) is 10.6. The van der Waals surface area contributed by atoms with E-state index in [2.05, 4.69) is 15.4 Å². The third-order valence-electron chi connectivity index (χ3n) is 2.80. The van der Waals surface area contributed by atoms with Gasteiger partial charge in [-0.05, 0) is 18.6 Å². The maximum atomic E-state index is 5.88. The Bertz CT molecular complexity index is 653. The Labute approximate surface area is 104 Å². The highest BCUT2D eigenvalue weighted by Gasteiger charge is 2.18. The minimum absolute atomic E-state index is 0.378. The number of benzene rings is 1. The largest absolute Gasteiger partial charge is 0.380 e. The Kier molecular flexibility index (Phi) is 2.37. The number of nitrogens with two attached hydrogens (primary N) is 1. The Morgan fingerprint density at radius 3 is 2.61 bits per heavy atom. The minimum atomic E-state index is 0.378. The van der Waals surface area contributed by atoms with Gasteiger partial charge in [0.2, 0.25) is 0 Å². The van der Waals surface area contributed by atoms with Crippen molar-refractivity contribution in [3.05, 3.63) is 42.1 Å². The lowest BCUT2D eigenvalue weighted by atomic mass is 10.0. The number of nitrogens with zero attached hydrogens (tertiary/aromatic N) is 2. The molecule has 0 atom stereocenters. The zero-order valence-electron chi connectivity index (χ0n) is 9.84. The number of aryl methyl sites for hydroxylation is 1. The van der Waals surface area contributed by atoms with Gasteiger partial charge in [-0.2, -0.15) is 5.10 Å². The molecule has 5 nitrogen and oxygen atoms in total. The summed E-state index contributed by atoms with van der Waals surface area (Å²) >= 11 is 0. The molecule has 0 radical (unpaired) electrons. The molecule has 0 unspecified atom stereocenters. The van der Waals surface area contributed by atoms with Crippen molar-refractivity contribution in [3.8, 4) is 22.6 Å². The van der Waals surface area contributed by atoms with Gasteiger partial charge in [0.05, 0.1) is 5.56 Å². The SMILES string of the molecule is Cc1ccc(-c2c(N)noc2-c2ccn[nH]2)cc1. The molecule has 18 heavy (non-hydrogen) atoms. The maximum absolute atomic E-state index is 5.88. The maximum Gasteiger partial charge on any atom is 0.194 e. The summed E-state index contributed by atoms with van der Waals surface area (Å²) in [6.45, 7) is 2.04. The lowest BCUT2D eigenvalue weighted by Crippen LogP contribution is -1.89. The van der Waals surface area contributed by atoms with E-state index in [4.69, 9.17) is 10.3 Å². The van der Waals surface area contributed by atoms with Crippen LogP contribution in [0.25, 0.3) is 22.6 Å². The number of H-pyrrole nitrogens is 1. The van der Waals surface area contributed by atoms with Gasteiger partial charge in [0.25, 0.3) is 0 Å². The molecule has 3 N–H and O–H groups in total. The van der Waals surface area contributed by atoms with Crippen LogP contribution in [0.15, 0.2) is 41.1 Å². The van der Waals surface area contributed by atoms with Crippen LogP contribution in [0.3, 0.4) is 0 Å². The fourth-order valence-electron chi connectivity index (χ4n) is 1.87. The molecule has 2 heterocycles. The summed E-state index contributed by atoms with van der Waals surface area (Å²) in [6, 6.07) is 9.87. The number of nitrogens with one attached hydrogen (secondary N) is 1. The first-order valence-electron chi connectivity index (χ1n) is 5.57. The molecular formula is C13H12N4O. The highest BCUT2D eigenvalue weighted by molar-refractivity contribution is 5.85. The molecule has 3 aromatic rings. The molecule has 0 fully saturated rings. The molecule has 0 spiro atoms. The van der Waals surface area contributed by atoms with Gasteiger partial charge >= 0.3 is 0 Å². The molecule has 0 aliphatic heterocycles. The number of hydrogen-bond acceptors (Lipinski definition) is 4. The van der Waals surface area contributed by atoms with Crippen LogP contribution in [0.1, 0.15) is 5.56 Å². The third kappa shape index (κ3) is 1.66. The Morgan fingerprint density at radius 2 is 1.94 bits per heavy atom. The molecule has 0 aliphatic carbocycles. The summed E-state index contributed by atoms with van der Waals surface area (Å²) in [5.74, 6) is 0.984. The molecule has 0 aliphatic rings. The highest BCUT2D eigenvalue weighted by atomic mass is 16.5. The van der Waals surface area contributed by atoms with Crippen LogP contribution >= 0.6 is 0 Å². The van der Waals surface area contributed by atoms with E-state index in [1.807, 2.05) is 37.3 Å². The fraction of sp³-hybridized carbons (Fsp3) is 0.0769. The van der Waals surface area contributed by atoms with Crippen molar-refractivity contribution in [2.24, 2.45) is 0 Å². The van der Waals surface area contributed by atoms with E-state index in [9.17, 15) is 0 Å². The van der Waals surface area contributed by atoms with Crippen molar-refractivity contribution in [3.63, 3.8) is 0 Å². The Balaban J connectivity index is 2.17. The van der Waals surface area contributed by atoms with E-state index in [1.54, 1.807) is 6.20 Å². The monoisotopic (exact) mass is 240 g/mol. The van der Waals surface area contributed by atoms with Gasteiger partial charge in [-0.3, -0.25) is 5.10 Å². The van der Waals surface area contributed by atoms with Gasteiger partial charge in [0.1, 0.15) is 5.69 Å². The highest BCUT2D eigenvalue weighted by Crippen LogP contribution is 2.35. The fourth-order valence-corrected chi connectivity index (χ4v) is 1.87. The summed E-state index contributed by atoms with van der Waals surface area (Å²) in [5.41, 5.74) is 9.60. The number of hydrogen-bond donors (Lipinski definition) is 2. The second-order valence-electron chi connectivity index (χ2n) is 4.11. The predicted molar refractivity (Wildman–Crippen MR) is 68.7 cm³/mol. The van der Waals surface area contributed by atoms with Gasteiger partial charge in [-0.1, -0.05) is 35.0 Å². The van der Waals surface area contributed by atoms with E-state index in [-0.39, 0.29) is 0 Å². The molecule has 90 valence electrons. The van der Waals surface area contributed by atoms with Crippen LogP contribution < -0.4 is 5.73 Å². The van der Waals surface area contributed by atoms with Gasteiger partial charge in [-0.25, -0.2) is 0 Å². The van der Waals surface area contributed by atoms with Crippen LogP contribution in [0.5, 0.6) is 0 Å². The topological polar surface area (TPSA) is 80.7 Å². The first-order chi connectivity index (χ1) is 8.75. The molecule has 1 aromatic carbocycles. The van der Waals surface area contributed by atoms with E-state index in [1.165, 1.54) is 5.56 Å². The lowest BCUT2D eigenvalue weighted by Gasteiger charge is -2.01. The molecule has 0 amide bonds. The van der Waals surface area contributed by atoms with Gasteiger partial charge < -0.3 is 10.3 Å². The van der Waals surface area contributed by atoms with Crippen LogP contribution in [-0.2, 0) is 0 Å². The van der Waals surface area contributed by atoms with Gasteiger partial charge in [0.15, 0.2) is 11.6 Å². The molecule has 0 bridgehead atoms. The van der Waals surface area contributed by atoms with Crippen LogP contribution in [-0.4, -0.2) is 15.4 Å². The summed E-state index contributed by atoms with van der Waals surface area (Å²) < 4.78 is 5.28. The van der Waals surface area contributed by atoms with Crippen LogP contribution in [0, 0.1) is 6.92 Å². The van der Waals surface area contributed by atoms with Crippen molar-refractivity contribution in [1.29, 1.82) is 0 Å². The third-order valence-corrected chi connectivity index (χ3v) is 2.80. The van der Waals surface area contributed by atoms with E-state index in [0.717, 1.165) is 16.8 Å². The summed E-state index contributed by atoms with van der Waals surface area (Å²) in [4.78, 5) is 0. The molecular weight excluding hydrogens is 228 g/mol. The standard InChI is InChI=1S/C13H12N4O/c1-8-2-4-9(5-3-8)11-12(18-17-13(11)14)10-6-7-15-16-10/h2-7H,1H3,(H2,14,17)(H,15,16). The molecule has 0 saturated heterocycles. The Hall–Kier alpha value is -2.56. The quantitative estimate of drug-likeness (QED) is 0.721. The second kappa shape index (κ2) is 4.03. The molecule has 5 heteroatoms. The van der Waals surface area contributed by atoms with E-state index < -0.39 is 0 Å². The number of aromatic nitrogens is 3.